The van der Waals surface area contributed by atoms with Gasteiger partial charge in [0.15, 0.2) is 0 Å². The lowest BCUT2D eigenvalue weighted by molar-refractivity contribution is 0.192. The van der Waals surface area contributed by atoms with Crippen molar-refractivity contribution in [3.63, 3.8) is 0 Å². The average molecular weight is 235 g/mol. The molecule has 1 aliphatic heterocycles. The molecule has 1 aliphatic rings. The first-order chi connectivity index (χ1) is 8.40. The minimum atomic E-state index is 0.837. The van der Waals surface area contributed by atoms with Gasteiger partial charge >= 0.3 is 0 Å². The molecule has 0 saturated carbocycles. The number of hydrogen-bond donors (Lipinski definition) is 1. The van der Waals surface area contributed by atoms with Gasteiger partial charge in [-0.3, -0.25) is 0 Å². The summed E-state index contributed by atoms with van der Waals surface area (Å²) in [5, 5.41) is 3.46. The van der Waals surface area contributed by atoms with Crippen molar-refractivity contribution in [2.75, 3.05) is 26.9 Å². The van der Waals surface area contributed by atoms with Gasteiger partial charge in [-0.25, -0.2) is 0 Å². The standard InChI is InChI=1S/C14H21NO2/c1-16-8-3-2-7-15-11-12-4-5-14-13(10-12)6-9-17-14/h4-5,10,15H,2-3,6-9,11H2,1H3. The molecule has 0 radical (unpaired) electrons. The minimum Gasteiger partial charge on any atom is -0.493 e. The molecule has 94 valence electrons. The van der Waals surface area contributed by atoms with E-state index >= 15 is 0 Å². The van der Waals surface area contributed by atoms with Gasteiger partial charge in [-0.1, -0.05) is 12.1 Å². The Morgan fingerprint density at radius 3 is 3.18 bits per heavy atom. The molecule has 0 bridgehead atoms. The monoisotopic (exact) mass is 235 g/mol. The van der Waals surface area contributed by atoms with E-state index in [4.69, 9.17) is 9.47 Å². The molecule has 3 nitrogen and oxygen atoms in total. The fourth-order valence-electron chi connectivity index (χ4n) is 2.08. The van der Waals surface area contributed by atoms with Crippen LogP contribution in [0.15, 0.2) is 18.2 Å². The maximum atomic E-state index is 5.49. The van der Waals surface area contributed by atoms with Gasteiger partial charge < -0.3 is 14.8 Å². The van der Waals surface area contributed by atoms with Gasteiger partial charge in [0.05, 0.1) is 6.61 Å². The Hall–Kier alpha value is -1.06. The molecule has 1 aromatic rings. The quantitative estimate of drug-likeness (QED) is 0.734. The predicted molar refractivity (Wildman–Crippen MR) is 68.5 cm³/mol. The normalized spacial score (nSPS) is 13.5. The van der Waals surface area contributed by atoms with Gasteiger partial charge in [-0.05, 0) is 36.6 Å². The third-order valence-electron chi connectivity index (χ3n) is 3.04. The first kappa shape index (κ1) is 12.4. The zero-order valence-corrected chi connectivity index (χ0v) is 10.5. The molecule has 1 heterocycles. The summed E-state index contributed by atoms with van der Waals surface area (Å²) in [6.45, 7) is 3.69. The summed E-state index contributed by atoms with van der Waals surface area (Å²) in [5.74, 6) is 1.06. The van der Waals surface area contributed by atoms with Gasteiger partial charge in [-0.15, -0.1) is 0 Å². The molecule has 3 heteroatoms. The Morgan fingerprint density at radius 1 is 1.35 bits per heavy atom. The maximum Gasteiger partial charge on any atom is 0.122 e. The highest BCUT2D eigenvalue weighted by atomic mass is 16.5. The molecule has 0 spiro atoms. The highest BCUT2D eigenvalue weighted by Crippen LogP contribution is 2.25. The fourth-order valence-corrected chi connectivity index (χ4v) is 2.08. The fraction of sp³-hybridized carbons (Fsp3) is 0.571. The van der Waals surface area contributed by atoms with Crippen molar-refractivity contribution in [3.05, 3.63) is 29.3 Å². The topological polar surface area (TPSA) is 30.5 Å². The van der Waals surface area contributed by atoms with E-state index in [0.29, 0.717) is 0 Å². The molecule has 0 fully saturated rings. The molecule has 0 saturated heterocycles. The van der Waals surface area contributed by atoms with Crippen molar-refractivity contribution in [2.24, 2.45) is 0 Å². The van der Waals surface area contributed by atoms with Gasteiger partial charge in [0.25, 0.3) is 0 Å². The molecule has 0 atom stereocenters. The minimum absolute atomic E-state index is 0.837. The van der Waals surface area contributed by atoms with Crippen LogP contribution in [0.1, 0.15) is 24.0 Å². The van der Waals surface area contributed by atoms with Crippen LogP contribution in [0.2, 0.25) is 0 Å². The summed E-state index contributed by atoms with van der Waals surface area (Å²) in [7, 11) is 1.75. The van der Waals surface area contributed by atoms with Crippen LogP contribution in [0.3, 0.4) is 0 Å². The van der Waals surface area contributed by atoms with Crippen LogP contribution in [0.5, 0.6) is 5.75 Å². The van der Waals surface area contributed by atoms with E-state index in [0.717, 1.165) is 44.9 Å². The second-order valence-corrected chi connectivity index (χ2v) is 4.42. The van der Waals surface area contributed by atoms with E-state index in [1.165, 1.54) is 17.5 Å². The number of ether oxygens (including phenoxy) is 2. The molecule has 2 rings (SSSR count). The molecule has 0 aliphatic carbocycles. The SMILES string of the molecule is COCCCCNCc1ccc2c(c1)CCO2. The zero-order chi connectivity index (χ0) is 11.9. The molecule has 1 N–H and O–H groups in total. The molecule has 1 aromatic carbocycles. The van der Waals surface area contributed by atoms with Crippen LogP contribution in [-0.2, 0) is 17.7 Å². The number of hydrogen-bond acceptors (Lipinski definition) is 3. The number of fused-ring (bicyclic) bond motifs is 1. The molecular formula is C14H21NO2. The van der Waals surface area contributed by atoms with E-state index in [2.05, 4.69) is 23.5 Å². The third kappa shape index (κ3) is 3.72. The molecular weight excluding hydrogens is 214 g/mol. The van der Waals surface area contributed by atoms with E-state index < -0.39 is 0 Å². The number of benzene rings is 1. The Labute approximate surface area is 103 Å². The van der Waals surface area contributed by atoms with Crippen LogP contribution in [0.4, 0.5) is 0 Å². The highest BCUT2D eigenvalue weighted by molar-refractivity contribution is 5.39. The largest absolute Gasteiger partial charge is 0.493 e. The van der Waals surface area contributed by atoms with Gasteiger partial charge in [0, 0.05) is 26.7 Å². The number of rotatable bonds is 7. The lowest BCUT2D eigenvalue weighted by atomic mass is 10.1. The van der Waals surface area contributed by atoms with Crippen LogP contribution in [0, 0.1) is 0 Å². The summed E-state index contributed by atoms with van der Waals surface area (Å²) in [6.07, 6.45) is 3.35. The third-order valence-corrected chi connectivity index (χ3v) is 3.04. The maximum absolute atomic E-state index is 5.49. The second-order valence-electron chi connectivity index (χ2n) is 4.42. The van der Waals surface area contributed by atoms with Crippen LogP contribution in [-0.4, -0.2) is 26.9 Å². The van der Waals surface area contributed by atoms with E-state index in [1.54, 1.807) is 7.11 Å². The Morgan fingerprint density at radius 2 is 2.29 bits per heavy atom. The average Bonchev–Trinajstić information content (AvgIpc) is 2.81. The summed E-state index contributed by atoms with van der Waals surface area (Å²) >= 11 is 0. The van der Waals surface area contributed by atoms with Gasteiger partial charge in [-0.2, -0.15) is 0 Å². The first-order valence-electron chi connectivity index (χ1n) is 6.34. The van der Waals surface area contributed by atoms with E-state index in [-0.39, 0.29) is 0 Å². The summed E-state index contributed by atoms with van der Waals surface area (Å²) in [5.41, 5.74) is 2.70. The molecule has 0 amide bonds. The molecule has 17 heavy (non-hydrogen) atoms. The number of nitrogens with one attached hydrogen (secondary N) is 1. The van der Waals surface area contributed by atoms with Crippen LogP contribution < -0.4 is 10.1 Å². The first-order valence-corrected chi connectivity index (χ1v) is 6.34. The Kier molecular flexibility index (Phi) is 4.83. The van der Waals surface area contributed by atoms with Crippen molar-refractivity contribution < 1.29 is 9.47 Å². The van der Waals surface area contributed by atoms with E-state index in [9.17, 15) is 0 Å². The van der Waals surface area contributed by atoms with Crippen LogP contribution >= 0.6 is 0 Å². The Bertz CT molecular complexity index is 352. The van der Waals surface area contributed by atoms with Crippen molar-refractivity contribution in [2.45, 2.75) is 25.8 Å². The van der Waals surface area contributed by atoms with Gasteiger partial charge in [0.2, 0.25) is 0 Å². The lowest BCUT2D eigenvalue weighted by Gasteiger charge is -2.06. The van der Waals surface area contributed by atoms with Crippen molar-refractivity contribution in [1.29, 1.82) is 0 Å². The predicted octanol–water partition coefficient (Wildman–Crippen LogP) is 2.14. The lowest BCUT2D eigenvalue weighted by Crippen LogP contribution is -2.15. The zero-order valence-electron chi connectivity index (χ0n) is 10.5. The van der Waals surface area contributed by atoms with Crippen LogP contribution in [0.25, 0.3) is 0 Å². The van der Waals surface area contributed by atoms with E-state index in [1.807, 2.05) is 0 Å². The Balaban J connectivity index is 1.69. The number of unbranched alkanes of at least 4 members (excludes halogenated alkanes) is 1. The second kappa shape index (κ2) is 6.62. The molecule has 0 aromatic heterocycles. The smallest absolute Gasteiger partial charge is 0.122 e. The number of methoxy groups -OCH3 is 1. The summed E-state index contributed by atoms with van der Waals surface area (Å²) in [6, 6.07) is 6.49. The highest BCUT2D eigenvalue weighted by Gasteiger charge is 2.11. The summed E-state index contributed by atoms with van der Waals surface area (Å²) in [4.78, 5) is 0. The van der Waals surface area contributed by atoms with Gasteiger partial charge in [0.1, 0.15) is 5.75 Å². The van der Waals surface area contributed by atoms with Crippen molar-refractivity contribution >= 4 is 0 Å². The summed E-state index contributed by atoms with van der Waals surface area (Å²) < 4.78 is 10.5. The van der Waals surface area contributed by atoms with Crippen molar-refractivity contribution in [3.8, 4) is 5.75 Å². The van der Waals surface area contributed by atoms with Crippen molar-refractivity contribution in [1.82, 2.24) is 5.32 Å². The molecule has 0 unspecified atom stereocenters.